The number of aromatic nitrogens is 1. The van der Waals surface area contributed by atoms with Gasteiger partial charge < -0.3 is 11.1 Å². The molecule has 6 nitrogen and oxygen atoms in total. The first-order chi connectivity index (χ1) is 8.08. The molecule has 1 saturated carbocycles. The van der Waals surface area contributed by atoms with Crippen LogP contribution in [0.1, 0.15) is 12.8 Å². The number of pyridine rings is 1. The van der Waals surface area contributed by atoms with Crippen LogP contribution in [-0.2, 0) is 0 Å². The van der Waals surface area contributed by atoms with Crippen LogP contribution in [0.15, 0.2) is 12.3 Å². The lowest BCUT2D eigenvalue weighted by Crippen LogP contribution is -2.31. The molecule has 0 radical (unpaired) electrons. The van der Waals surface area contributed by atoms with E-state index in [-0.39, 0.29) is 16.8 Å². The largest absolute Gasteiger partial charge is 0.367 e. The van der Waals surface area contributed by atoms with Gasteiger partial charge in [0.05, 0.1) is 9.95 Å². The summed E-state index contributed by atoms with van der Waals surface area (Å²) < 4.78 is 0. The summed E-state index contributed by atoms with van der Waals surface area (Å²) >= 11 is 5.88. The molecule has 1 unspecified atom stereocenters. The molecule has 2 rings (SSSR count). The molecule has 0 aliphatic heterocycles. The van der Waals surface area contributed by atoms with Gasteiger partial charge in [-0.25, -0.2) is 4.98 Å². The highest BCUT2D eigenvalue weighted by Crippen LogP contribution is 2.32. The molecule has 1 aliphatic rings. The maximum Gasteiger partial charge on any atom is 0.289 e. The fourth-order valence-electron chi connectivity index (χ4n) is 1.56. The van der Waals surface area contributed by atoms with Gasteiger partial charge in [0.25, 0.3) is 5.69 Å². The molecule has 0 bridgehead atoms. The van der Waals surface area contributed by atoms with Crippen molar-refractivity contribution in [1.29, 1.82) is 0 Å². The van der Waals surface area contributed by atoms with E-state index in [2.05, 4.69) is 10.3 Å². The molecule has 0 saturated heterocycles. The van der Waals surface area contributed by atoms with Crippen molar-refractivity contribution in [3.05, 3.63) is 27.4 Å². The van der Waals surface area contributed by atoms with Crippen molar-refractivity contribution in [3.63, 3.8) is 0 Å². The van der Waals surface area contributed by atoms with Crippen LogP contribution in [0.2, 0.25) is 5.02 Å². The quantitative estimate of drug-likeness (QED) is 0.619. The molecule has 7 heteroatoms. The third-order valence-corrected chi connectivity index (χ3v) is 3.06. The number of halogens is 1. The minimum Gasteiger partial charge on any atom is -0.367 e. The first-order valence-electron chi connectivity index (χ1n) is 5.37. The minimum absolute atomic E-state index is 0.0862. The van der Waals surface area contributed by atoms with E-state index in [9.17, 15) is 10.1 Å². The first kappa shape index (κ1) is 12.1. The van der Waals surface area contributed by atoms with Gasteiger partial charge in [0.2, 0.25) is 0 Å². The number of hydrogen-bond donors (Lipinski definition) is 2. The second-order valence-electron chi connectivity index (χ2n) is 4.16. The third kappa shape index (κ3) is 3.04. The van der Waals surface area contributed by atoms with E-state index in [0.717, 1.165) is 0 Å². The standard InChI is InChI=1S/C10H13ClN4O2/c11-8-3-7(15(16)17)4-13-10(8)14-5-9(12)6-1-2-6/h3-4,6,9H,1-2,5,12H2,(H,13,14). The lowest BCUT2D eigenvalue weighted by Gasteiger charge is -2.12. The molecule has 1 atom stereocenters. The highest BCUT2D eigenvalue weighted by molar-refractivity contribution is 6.33. The van der Waals surface area contributed by atoms with E-state index >= 15 is 0 Å². The molecule has 92 valence electrons. The van der Waals surface area contributed by atoms with E-state index in [1.807, 2.05) is 0 Å². The Balaban J connectivity index is 1.98. The number of anilines is 1. The monoisotopic (exact) mass is 256 g/mol. The van der Waals surface area contributed by atoms with Crippen LogP contribution >= 0.6 is 11.6 Å². The van der Waals surface area contributed by atoms with Gasteiger partial charge >= 0.3 is 0 Å². The van der Waals surface area contributed by atoms with E-state index in [1.54, 1.807) is 0 Å². The van der Waals surface area contributed by atoms with Gasteiger partial charge in [-0.15, -0.1) is 0 Å². The Labute approximate surface area is 103 Å². The number of nitrogens with one attached hydrogen (secondary N) is 1. The Morgan fingerprint density at radius 2 is 2.41 bits per heavy atom. The average molecular weight is 257 g/mol. The second-order valence-corrected chi connectivity index (χ2v) is 4.57. The predicted molar refractivity (Wildman–Crippen MR) is 65.1 cm³/mol. The fraction of sp³-hybridized carbons (Fsp3) is 0.500. The molecule has 17 heavy (non-hydrogen) atoms. The number of nitrogens with zero attached hydrogens (tertiary/aromatic N) is 2. The van der Waals surface area contributed by atoms with E-state index in [0.29, 0.717) is 18.3 Å². The van der Waals surface area contributed by atoms with Crippen molar-refractivity contribution in [3.8, 4) is 0 Å². The topological polar surface area (TPSA) is 94.1 Å². The highest BCUT2D eigenvalue weighted by atomic mass is 35.5. The van der Waals surface area contributed by atoms with Crippen LogP contribution in [-0.4, -0.2) is 22.5 Å². The van der Waals surface area contributed by atoms with Gasteiger partial charge in [-0.05, 0) is 18.8 Å². The lowest BCUT2D eigenvalue weighted by atomic mass is 10.2. The van der Waals surface area contributed by atoms with Crippen molar-refractivity contribution in [2.45, 2.75) is 18.9 Å². The summed E-state index contributed by atoms with van der Waals surface area (Å²) in [5.41, 5.74) is 5.79. The zero-order valence-corrected chi connectivity index (χ0v) is 9.85. The molecule has 0 spiro atoms. The van der Waals surface area contributed by atoms with Gasteiger partial charge in [-0.3, -0.25) is 10.1 Å². The summed E-state index contributed by atoms with van der Waals surface area (Å²) in [6.45, 7) is 0.579. The predicted octanol–water partition coefficient (Wildman–Crippen LogP) is 1.79. The summed E-state index contributed by atoms with van der Waals surface area (Å²) in [6, 6.07) is 1.36. The van der Waals surface area contributed by atoms with Crippen LogP contribution < -0.4 is 11.1 Å². The Bertz CT molecular complexity index is 436. The molecule has 1 aromatic rings. The number of hydrogen-bond acceptors (Lipinski definition) is 5. The minimum atomic E-state index is -0.529. The van der Waals surface area contributed by atoms with Crippen molar-refractivity contribution in [2.24, 2.45) is 11.7 Å². The van der Waals surface area contributed by atoms with Crippen LogP contribution in [0.5, 0.6) is 0 Å². The van der Waals surface area contributed by atoms with Crippen LogP contribution in [0.3, 0.4) is 0 Å². The third-order valence-electron chi connectivity index (χ3n) is 2.77. The molecule has 0 amide bonds. The average Bonchev–Trinajstić information content (AvgIpc) is 3.10. The molecule has 1 heterocycles. The van der Waals surface area contributed by atoms with Gasteiger partial charge in [0, 0.05) is 18.7 Å². The molecule has 3 N–H and O–H groups in total. The van der Waals surface area contributed by atoms with Crippen molar-refractivity contribution in [1.82, 2.24) is 4.98 Å². The maximum absolute atomic E-state index is 10.5. The summed E-state index contributed by atoms with van der Waals surface area (Å²) in [5, 5.41) is 13.7. The summed E-state index contributed by atoms with van der Waals surface area (Å²) in [5.74, 6) is 1.02. The first-order valence-corrected chi connectivity index (χ1v) is 5.75. The molecule has 0 aromatic carbocycles. The van der Waals surface area contributed by atoms with E-state index < -0.39 is 4.92 Å². The number of rotatable bonds is 5. The van der Waals surface area contributed by atoms with Crippen molar-refractivity contribution >= 4 is 23.1 Å². The molecule has 1 aliphatic carbocycles. The molecular formula is C10H13ClN4O2. The van der Waals surface area contributed by atoms with Gasteiger partial charge in [-0.2, -0.15) is 0 Å². The number of nitro groups is 1. The SMILES string of the molecule is NC(CNc1ncc([N+](=O)[O-])cc1Cl)C1CC1. The Morgan fingerprint density at radius 3 is 2.94 bits per heavy atom. The fourth-order valence-corrected chi connectivity index (χ4v) is 1.79. The lowest BCUT2D eigenvalue weighted by molar-refractivity contribution is -0.385. The molecular weight excluding hydrogens is 244 g/mol. The summed E-state index contributed by atoms with van der Waals surface area (Å²) in [6.07, 6.45) is 3.52. The second kappa shape index (κ2) is 4.85. The Hall–Kier alpha value is -1.40. The molecule has 1 fully saturated rings. The van der Waals surface area contributed by atoms with Crippen LogP contribution in [0.4, 0.5) is 11.5 Å². The summed E-state index contributed by atoms with van der Waals surface area (Å²) in [4.78, 5) is 13.9. The zero-order valence-electron chi connectivity index (χ0n) is 9.10. The van der Waals surface area contributed by atoms with Gasteiger partial charge in [0.1, 0.15) is 12.0 Å². The molecule has 1 aromatic heterocycles. The normalized spacial score (nSPS) is 16.6. The van der Waals surface area contributed by atoms with Gasteiger partial charge in [-0.1, -0.05) is 11.6 Å². The van der Waals surface area contributed by atoms with Gasteiger partial charge in [0.15, 0.2) is 0 Å². The van der Waals surface area contributed by atoms with E-state index in [1.165, 1.54) is 25.1 Å². The maximum atomic E-state index is 10.5. The highest BCUT2D eigenvalue weighted by Gasteiger charge is 2.28. The Kier molecular flexibility index (Phi) is 3.44. The van der Waals surface area contributed by atoms with Crippen molar-refractivity contribution < 1.29 is 4.92 Å². The zero-order chi connectivity index (χ0) is 12.4. The van der Waals surface area contributed by atoms with Crippen LogP contribution in [0.25, 0.3) is 0 Å². The van der Waals surface area contributed by atoms with E-state index in [4.69, 9.17) is 17.3 Å². The smallest absolute Gasteiger partial charge is 0.289 e. The Morgan fingerprint density at radius 1 is 1.71 bits per heavy atom. The van der Waals surface area contributed by atoms with Crippen molar-refractivity contribution in [2.75, 3.05) is 11.9 Å². The van der Waals surface area contributed by atoms with Crippen LogP contribution in [0, 0.1) is 16.0 Å². The number of nitrogens with two attached hydrogens (primary N) is 1. The summed E-state index contributed by atoms with van der Waals surface area (Å²) in [7, 11) is 0.